The maximum absolute atomic E-state index is 2.39. The van der Waals surface area contributed by atoms with Crippen molar-refractivity contribution in [2.45, 2.75) is 18.3 Å². The van der Waals surface area contributed by atoms with Crippen molar-refractivity contribution in [3.05, 3.63) is 287 Å². The Kier molecular flexibility index (Phi) is 8.60. The molecule has 0 aliphatic heterocycles. The summed E-state index contributed by atoms with van der Waals surface area (Å²) in [6, 6.07) is 90.0. The molecule has 0 radical (unpaired) electrons. The van der Waals surface area contributed by atoms with Gasteiger partial charge < -0.3 is 9.13 Å². The smallest absolute Gasteiger partial charge is 0.0713 e. The maximum Gasteiger partial charge on any atom is 0.0713 e. The molecule has 13 rings (SSSR count). The van der Waals surface area contributed by atoms with Crippen LogP contribution in [0.3, 0.4) is 0 Å². The fourth-order valence-corrected chi connectivity index (χ4v) is 11.2. The van der Waals surface area contributed by atoms with Crippen molar-refractivity contribution in [1.29, 1.82) is 0 Å². The van der Waals surface area contributed by atoms with Crippen LogP contribution < -0.4 is 0 Å². The van der Waals surface area contributed by atoms with E-state index in [1.807, 2.05) is 0 Å². The minimum atomic E-state index is -0.446. The molecule has 65 heavy (non-hydrogen) atoms. The third kappa shape index (κ3) is 5.88. The Morgan fingerprint density at radius 2 is 0.538 bits per heavy atom. The van der Waals surface area contributed by atoms with Crippen molar-refractivity contribution in [2.24, 2.45) is 0 Å². The molecule has 2 heteroatoms. The molecule has 0 amide bonds. The van der Waals surface area contributed by atoms with Crippen molar-refractivity contribution >= 4 is 43.6 Å². The van der Waals surface area contributed by atoms with Gasteiger partial charge in [0.1, 0.15) is 0 Å². The van der Waals surface area contributed by atoms with E-state index < -0.39 is 5.41 Å². The lowest BCUT2D eigenvalue weighted by Crippen LogP contribution is -2.28. The molecule has 0 atom stereocenters. The zero-order valence-corrected chi connectivity index (χ0v) is 35.9. The van der Waals surface area contributed by atoms with Gasteiger partial charge in [-0.1, -0.05) is 194 Å². The highest BCUT2D eigenvalue weighted by molar-refractivity contribution is 6.10. The number of aromatic nitrogens is 2. The number of para-hydroxylation sites is 4. The van der Waals surface area contributed by atoms with Gasteiger partial charge in [0.25, 0.3) is 0 Å². The topological polar surface area (TPSA) is 9.86 Å². The third-order valence-electron chi connectivity index (χ3n) is 14.1. The standard InChI is InChI=1S/C63H44N2/c1-7-19-57-51(13-1)52-14-2-8-20-58(52)63(57,47-33-25-43(26-34-47)41-45-29-37-49(38-30-45)64-59-21-9-3-15-53(59)54-16-4-10-22-60(54)64)48-35-27-44(28-36-48)42-46-31-39-50(40-32-46)65-61-23-11-5-17-55(61)56-18-6-12-24-62(56)65/h1-40H,41-42H2. The fourth-order valence-electron chi connectivity index (χ4n) is 11.2. The second-order valence-electron chi connectivity index (χ2n) is 17.7. The van der Waals surface area contributed by atoms with Gasteiger partial charge in [-0.25, -0.2) is 0 Å². The second-order valence-corrected chi connectivity index (χ2v) is 17.7. The predicted octanol–water partition coefficient (Wildman–Crippen LogP) is 15.4. The minimum Gasteiger partial charge on any atom is -0.309 e. The Morgan fingerprint density at radius 1 is 0.262 bits per heavy atom. The van der Waals surface area contributed by atoms with Crippen LogP contribution in [0.5, 0.6) is 0 Å². The summed E-state index contributed by atoms with van der Waals surface area (Å²) >= 11 is 0. The SMILES string of the molecule is c1ccc2c(c1)-c1ccccc1C2(c1ccc(Cc2ccc(-n3c4ccccc4c4ccccc43)cc2)cc1)c1ccc(Cc2ccc(-n3c4ccccc4c4ccccc43)cc2)cc1. The molecule has 0 unspecified atom stereocenters. The van der Waals surface area contributed by atoms with E-state index in [-0.39, 0.29) is 0 Å². The highest BCUT2D eigenvalue weighted by Gasteiger charge is 2.45. The van der Waals surface area contributed by atoms with Crippen molar-refractivity contribution in [3.63, 3.8) is 0 Å². The van der Waals surface area contributed by atoms with Gasteiger partial charge in [-0.3, -0.25) is 0 Å². The second kappa shape index (κ2) is 15.0. The quantitative estimate of drug-likeness (QED) is 0.144. The Morgan fingerprint density at radius 3 is 0.877 bits per heavy atom. The largest absolute Gasteiger partial charge is 0.309 e. The predicted molar refractivity (Wildman–Crippen MR) is 271 cm³/mol. The Hall–Kier alpha value is -8.20. The van der Waals surface area contributed by atoms with E-state index in [4.69, 9.17) is 0 Å². The summed E-state index contributed by atoms with van der Waals surface area (Å²) in [5, 5.41) is 5.14. The van der Waals surface area contributed by atoms with Crippen molar-refractivity contribution in [3.8, 4) is 22.5 Å². The average molecular weight is 829 g/mol. The van der Waals surface area contributed by atoms with E-state index in [1.165, 1.54) is 111 Å². The summed E-state index contributed by atoms with van der Waals surface area (Å²) in [4.78, 5) is 0. The molecule has 1 aliphatic rings. The molecule has 1 aliphatic carbocycles. The first kappa shape index (κ1) is 37.4. The summed E-state index contributed by atoms with van der Waals surface area (Å²) < 4.78 is 4.77. The highest BCUT2D eigenvalue weighted by Crippen LogP contribution is 2.56. The van der Waals surface area contributed by atoms with Gasteiger partial charge in [0.2, 0.25) is 0 Å². The van der Waals surface area contributed by atoms with Crippen LogP contribution in [-0.4, -0.2) is 9.13 Å². The number of rotatable bonds is 8. The van der Waals surface area contributed by atoms with Gasteiger partial charge in [0.05, 0.1) is 27.5 Å². The van der Waals surface area contributed by atoms with E-state index in [0.29, 0.717) is 0 Å². The molecular weight excluding hydrogens is 785 g/mol. The molecule has 0 saturated heterocycles. The minimum absolute atomic E-state index is 0.446. The fraction of sp³-hybridized carbons (Fsp3) is 0.0476. The first-order chi connectivity index (χ1) is 32.2. The Balaban J connectivity index is 0.815. The molecule has 2 heterocycles. The summed E-state index contributed by atoms with van der Waals surface area (Å²) in [6.07, 6.45) is 1.73. The number of fused-ring (bicyclic) bond motifs is 9. The lowest BCUT2D eigenvalue weighted by molar-refractivity contribution is 0.767. The summed E-state index contributed by atoms with van der Waals surface area (Å²) in [6.45, 7) is 0. The van der Waals surface area contributed by atoms with Crippen LogP contribution in [0.25, 0.3) is 66.1 Å². The molecule has 0 saturated carbocycles. The molecule has 10 aromatic carbocycles. The van der Waals surface area contributed by atoms with Crippen molar-refractivity contribution in [2.75, 3.05) is 0 Å². The number of benzene rings is 10. The van der Waals surface area contributed by atoms with Gasteiger partial charge in [0, 0.05) is 32.9 Å². The Labute approximate surface area is 378 Å². The van der Waals surface area contributed by atoms with Crippen LogP contribution in [0.1, 0.15) is 44.5 Å². The van der Waals surface area contributed by atoms with Crippen molar-refractivity contribution < 1.29 is 0 Å². The van der Waals surface area contributed by atoms with Gasteiger partial charge in [-0.15, -0.1) is 0 Å². The van der Waals surface area contributed by atoms with E-state index in [1.54, 1.807) is 0 Å². The summed E-state index contributed by atoms with van der Waals surface area (Å²) in [7, 11) is 0. The third-order valence-corrected chi connectivity index (χ3v) is 14.1. The number of nitrogens with zero attached hydrogens (tertiary/aromatic N) is 2. The first-order valence-corrected chi connectivity index (χ1v) is 22.8. The highest BCUT2D eigenvalue weighted by atomic mass is 15.0. The van der Waals surface area contributed by atoms with E-state index >= 15 is 0 Å². The molecule has 0 fully saturated rings. The zero-order chi connectivity index (χ0) is 42.9. The van der Waals surface area contributed by atoms with Crippen LogP contribution in [-0.2, 0) is 18.3 Å². The molecule has 306 valence electrons. The van der Waals surface area contributed by atoms with Gasteiger partial charge in [-0.2, -0.15) is 0 Å². The van der Waals surface area contributed by atoms with Crippen LogP contribution in [0.4, 0.5) is 0 Å². The average Bonchev–Trinajstić information content (AvgIpc) is 4.00. The lowest BCUT2D eigenvalue weighted by Gasteiger charge is -2.34. The van der Waals surface area contributed by atoms with Gasteiger partial charge in [0.15, 0.2) is 0 Å². The van der Waals surface area contributed by atoms with Crippen LogP contribution in [0.15, 0.2) is 243 Å². The van der Waals surface area contributed by atoms with Gasteiger partial charge in [-0.05, 0) is 117 Å². The first-order valence-electron chi connectivity index (χ1n) is 22.8. The Bertz CT molecular complexity index is 3380. The molecular formula is C63H44N2. The zero-order valence-electron chi connectivity index (χ0n) is 35.9. The van der Waals surface area contributed by atoms with Crippen LogP contribution in [0.2, 0.25) is 0 Å². The number of hydrogen-bond acceptors (Lipinski definition) is 0. The summed E-state index contributed by atoms with van der Waals surface area (Å²) in [5.41, 5.74) is 19.9. The lowest BCUT2D eigenvalue weighted by atomic mass is 9.67. The molecule has 2 aromatic heterocycles. The van der Waals surface area contributed by atoms with E-state index in [2.05, 4.69) is 252 Å². The normalized spacial score (nSPS) is 12.9. The maximum atomic E-state index is 2.39. The molecule has 0 spiro atoms. The molecule has 0 N–H and O–H groups in total. The van der Waals surface area contributed by atoms with E-state index in [0.717, 1.165) is 12.8 Å². The van der Waals surface area contributed by atoms with Gasteiger partial charge >= 0.3 is 0 Å². The monoisotopic (exact) mass is 828 g/mol. The summed E-state index contributed by atoms with van der Waals surface area (Å²) in [5.74, 6) is 0. The van der Waals surface area contributed by atoms with Crippen LogP contribution >= 0.6 is 0 Å². The number of hydrogen-bond donors (Lipinski definition) is 0. The van der Waals surface area contributed by atoms with E-state index in [9.17, 15) is 0 Å². The van der Waals surface area contributed by atoms with Crippen LogP contribution in [0, 0.1) is 0 Å². The van der Waals surface area contributed by atoms with Crippen molar-refractivity contribution in [1.82, 2.24) is 9.13 Å². The molecule has 2 nitrogen and oxygen atoms in total. The molecule has 12 aromatic rings. The molecule has 0 bridgehead atoms.